The molecule has 3 fully saturated rings. The molecule has 0 radical (unpaired) electrons. The molecule has 4 amide bonds. The SMILES string of the molecule is CC[C@H](C)[C@@H]([C@H](CC(=O)N1CCC[C@H]1[C@H](OC)[C@@H](C)C(=O)N[C@@H](Cc1ccccc1)c1ncc(-c2ccccc2)[nH]1)OC)N(C)C(=O)[C@@H](NC(=O)[C@H]1N[C@@H]2CC[C@H]1C2)C(C)C. The fourth-order valence-corrected chi connectivity index (χ4v) is 10.1. The Morgan fingerprint density at radius 3 is 2.25 bits per heavy atom. The van der Waals surface area contributed by atoms with E-state index in [2.05, 4.69) is 34.8 Å². The molecule has 2 aromatic carbocycles. The number of fused-ring (bicyclic) bond motifs is 2. The van der Waals surface area contributed by atoms with Crippen LogP contribution < -0.4 is 16.0 Å². The third-order valence-corrected chi connectivity index (χ3v) is 13.7. The predicted octanol–water partition coefficient (Wildman–Crippen LogP) is 5.68. The van der Waals surface area contributed by atoms with Gasteiger partial charge >= 0.3 is 0 Å². The highest BCUT2D eigenvalue weighted by Gasteiger charge is 2.46. The van der Waals surface area contributed by atoms with Crippen LogP contribution in [0, 0.1) is 23.7 Å². The van der Waals surface area contributed by atoms with E-state index >= 15 is 0 Å². The number of amides is 4. The maximum Gasteiger partial charge on any atom is 0.245 e. The molecule has 2 bridgehead atoms. The quantitative estimate of drug-likeness (QED) is 0.113. The first kappa shape index (κ1) is 45.9. The molecule has 0 unspecified atom stereocenters. The zero-order valence-electron chi connectivity index (χ0n) is 37.4. The lowest BCUT2D eigenvalue weighted by Crippen LogP contribution is -2.59. The molecular weight excluding hydrogens is 771 g/mol. The second-order valence-electron chi connectivity index (χ2n) is 18.0. The molecule has 11 atom stereocenters. The van der Waals surface area contributed by atoms with Crippen molar-refractivity contribution in [2.45, 2.75) is 134 Å². The predicted molar refractivity (Wildman–Crippen MR) is 236 cm³/mol. The smallest absolute Gasteiger partial charge is 0.245 e. The topological polar surface area (TPSA) is 158 Å². The Labute approximate surface area is 362 Å². The number of likely N-dealkylation sites (N-methyl/N-ethyl adjacent to an activating group) is 1. The van der Waals surface area contributed by atoms with Crippen molar-refractivity contribution >= 4 is 23.6 Å². The van der Waals surface area contributed by atoms with Gasteiger partial charge in [0.2, 0.25) is 23.6 Å². The number of nitrogens with one attached hydrogen (secondary N) is 4. The Balaban J connectivity index is 1.14. The Morgan fingerprint density at radius 1 is 0.934 bits per heavy atom. The summed E-state index contributed by atoms with van der Waals surface area (Å²) in [4.78, 5) is 68.2. The molecule has 3 aromatic rings. The van der Waals surface area contributed by atoms with Crippen molar-refractivity contribution in [1.29, 1.82) is 0 Å². The third-order valence-electron chi connectivity index (χ3n) is 13.7. The largest absolute Gasteiger partial charge is 0.379 e. The van der Waals surface area contributed by atoms with E-state index in [0.717, 1.165) is 48.9 Å². The van der Waals surface area contributed by atoms with Gasteiger partial charge in [0, 0.05) is 33.9 Å². The lowest BCUT2D eigenvalue weighted by atomic mass is 9.89. The van der Waals surface area contributed by atoms with Crippen LogP contribution in [0.1, 0.15) is 97.0 Å². The summed E-state index contributed by atoms with van der Waals surface area (Å²) in [6.45, 7) is 10.4. The lowest BCUT2D eigenvalue weighted by Gasteiger charge is -2.41. The number of likely N-dealkylation sites (tertiary alicyclic amines) is 1. The number of aromatic nitrogens is 2. The summed E-state index contributed by atoms with van der Waals surface area (Å²) in [5, 5.41) is 9.83. The van der Waals surface area contributed by atoms with E-state index in [-0.39, 0.29) is 54.0 Å². The van der Waals surface area contributed by atoms with E-state index in [9.17, 15) is 19.2 Å². The summed E-state index contributed by atoms with van der Waals surface area (Å²) < 4.78 is 12.2. The first-order chi connectivity index (χ1) is 29.3. The number of carbonyl (C=O) groups excluding carboxylic acids is 4. The van der Waals surface area contributed by atoms with E-state index in [1.165, 1.54) is 0 Å². The van der Waals surface area contributed by atoms with Crippen LogP contribution in [-0.2, 0) is 35.1 Å². The van der Waals surface area contributed by atoms with Crippen molar-refractivity contribution in [3.05, 3.63) is 78.2 Å². The number of aromatic amines is 1. The van der Waals surface area contributed by atoms with E-state index in [1.54, 1.807) is 32.4 Å². The van der Waals surface area contributed by atoms with E-state index in [4.69, 9.17) is 14.5 Å². The van der Waals surface area contributed by atoms with Gasteiger partial charge in [0.15, 0.2) is 0 Å². The van der Waals surface area contributed by atoms with E-state index in [1.807, 2.05) is 86.3 Å². The number of nitrogens with zero attached hydrogens (tertiary/aromatic N) is 3. The van der Waals surface area contributed by atoms with Crippen LogP contribution in [0.2, 0.25) is 0 Å². The standard InChI is InChI=1S/C48H69N7O6/c1-9-30(4)43(54(6)48(59)41(29(2)3)53-47(58)42-34-22-23-35(26-34)50-42)39(60-7)27-40(56)55-24-16-21-38(55)44(61-8)31(5)46(57)52-36(25-32-17-12-10-13-18-32)45-49-28-37(51-45)33-19-14-11-15-20-33/h10-15,17-20,28-31,34-36,38-39,41-44,50H,9,16,21-27H2,1-8H3,(H,49,51)(H,52,57)(H,53,58)/t30-,31+,34-,35+,36-,38-,39-,41-,42-,43-,44+/m0/s1. The molecule has 2 aliphatic heterocycles. The molecule has 1 aromatic heterocycles. The van der Waals surface area contributed by atoms with Crippen LogP contribution in [0.4, 0.5) is 0 Å². The Bertz CT molecular complexity index is 1910. The molecule has 1 saturated carbocycles. The summed E-state index contributed by atoms with van der Waals surface area (Å²) in [6.07, 6.45) is 6.53. The lowest BCUT2D eigenvalue weighted by molar-refractivity contribution is -0.147. The van der Waals surface area contributed by atoms with Gasteiger partial charge in [0.05, 0.1) is 60.6 Å². The minimum atomic E-state index is -0.720. The zero-order valence-corrected chi connectivity index (χ0v) is 37.4. The van der Waals surface area contributed by atoms with Gasteiger partial charge in [-0.15, -0.1) is 0 Å². The maximum atomic E-state index is 14.4. The van der Waals surface area contributed by atoms with Gasteiger partial charge < -0.3 is 40.2 Å². The number of ether oxygens (including phenoxy) is 2. The number of piperidine rings is 1. The van der Waals surface area contributed by atoms with Crippen LogP contribution in [0.5, 0.6) is 0 Å². The minimum absolute atomic E-state index is 0.00553. The van der Waals surface area contributed by atoms with Gasteiger partial charge in [0.25, 0.3) is 0 Å². The second kappa shape index (κ2) is 21.0. The molecule has 3 heterocycles. The Hall–Kier alpha value is -4.59. The first-order valence-electron chi connectivity index (χ1n) is 22.5. The molecule has 332 valence electrons. The van der Waals surface area contributed by atoms with E-state index in [0.29, 0.717) is 37.2 Å². The normalized spacial score (nSPS) is 23.2. The van der Waals surface area contributed by atoms with Crippen LogP contribution >= 0.6 is 0 Å². The fourth-order valence-electron chi connectivity index (χ4n) is 10.1. The monoisotopic (exact) mass is 840 g/mol. The van der Waals surface area contributed by atoms with Crippen molar-refractivity contribution in [1.82, 2.24) is 35.7 Å². The maximum absolute atomic E-state index is 14.4. The van der Waals surface area contributed by atoms with Crippen molar-refractivity contribution in [3.8, 4) is 11.3 Å². The number of hydrogen-bond donors (Lipinski definition) is 4. The summed E-state index contributed by atoms with van der Waals surface area (Å²) in [5.74, 6) is -0.412. The highest BCUT2D eigenvalue weighted by Crippen LogP contribution is 2.36. The molecule has 0 spiro atoms. The molecule has 61 heavy (non-hydrogen) atoms. The molecule has 3 aliphatic rings. The van der Waals surface area contributed by atoms with Crippen molar-refractivity contribution in [2.75, 3.05) is 27.8 Å². The van der Waals surface area contributed by atoms with Gasteiger partial charge in [-0.3, -0.25) is 19.2 Å². The van der Waals surface area contributed by atoms with Gasteiger partial charge in [-0.2, -0.15) is 0 Å². The number of hydrogen-bond acceptors (Lipinski definition) is 8. The number of methoxy groups -OCH3 is 2. The summed E-state index contributed by atoms with van der Waals surface area (Å²) in [5.41, 5.74) is 2.92. The number of H-pyrrole nitrogens is 1. The number of carbonyl (C=O) groups is 4. The van der Waals surface area contributed by atoms with Crippen molar-refractivity contribution in [3.63, 3.8) is 0 Å². The van der Waals surface area contributed by atoms with E-state index < -0.39 is 36.3 Å². The Kier molecular flexibility index (Phi) is 15.8. The number of benzene rings is 2. The Morgan fingerprint density at radius 2 is 1.64 bits per heavy atom. The second-order valence-corrected chi connectivity index (χ2v) is 18.0. The summed E-state index contributed by atoms with van der Waals surface area (Å²) in [7, 11) is 4.96. The van der Waals surface area contributed by atoms with Gasteiger partial charge in [0.1, 0.15) is 11.9 Å². The van der Waals surface area contributed by atoms with Gasteiger partial charge in [-0.1, -0.05) is 102 Å². The van der Waals surface area contributed by atoms with Crippen molar-refractivity contribution in [2.24, 2.45) is 23.7 Å². The summed E-state index contributed by atoms with van der Waals surface area (Å²) in [6, 6.07) is 18.1. The highest BCUT2D eigenvalue weighted by atomic mass is 16.5. The van der Waals surface area contributed by atoms with Gasteiger partial charge in [-0.05, 0) is 67.4 Å². The zero-order chi connectivity index (χ0) is 43.8. The van der Waals surface area contributed by atoms with Crippen LogP contribution in [0.25, 0.3) is 11.3 Å². The number of imidazole rings is 1. The number of rotatable bonds is 20. The average Bonchev–Trinajstić information content (AvgIpc) is 4.12. The van der Waals surface area contributed by atoms with Gasteiger partial charge in [-0.25, -0.2) is 4.98 Å². The van der Waals surface area contributed by atoms with Crippen molar-refractivity contribution < 1.29 is 28.7 Å². The molecule has 1 aliphatic carbocycles. The fraction of sp³-hybridized carbons (Fsp3) is 0.604. The summed E-state index contributed by atoms with van der Waals surface area (Å²) >= 11 is 0. The first-order valence-corrected chi connectivity index (χ1v) is 22.5. The molecule has 13 heteroatoms. The highest BCUT2D eigenvalue weighted by molar-refractivity contribution is 5.90. The van der Waals surface area contributed by atoms with Crippen LogP contribution in [-0.4, -0.2) is 114 Å². The average molecular weight is 840 g/mol. The minimum Gasteiger partial charge on any atom is -0.379 e. The molecule has 6 rings (SSSR count). The molecule has 2 saturated heterocycles. The molecule has 4 N–H and O–H groups in total. The van der Waals surface area contributed by atoms with Crippen LogP contribution in [0.15, 0.2) is 66.9 Å². The third kappa shape index (κ3) is 10.7. The molecular formula is C48H69N7O6. The molecule has 13 nitrogen and oxygen atoms in total. The van der Waals surface area contributed by atoms with Crippen LogP contribution in [0.3, 0.4) is 0 Å².